The molecule has 0 spiro atoms. The van der Waals surface area contributed by atoms with Crippen molar-refractivity contribution in [2.24, 2.45) is 0 Å². The molecule has 0 aliphatic rings. The number of anilines is 1. The first kappa shape index (κ1) is 10.2. The summed E-state index contributed by atoms with van der Waals surface area (Å²) in [6.45, 7) is 1.54. The summed E-state index contributed by atoms with van der Waals surface area (Å²) in [5.41, 5.74) is 6.04. The number of aromatic nitrogens is 1. The summed E-state index contributed by atoms with van der Waals surface area (Å²) in [5, 5.41) is 0. The highest BCUT2D eigenvalue weighted by atomic mass is 35.5. The van der Waals surface area contributed by atoms with Crippen LogP contribution in [0.25, 0.3) is 0 Å². The third kappa shape index (κ3) is 1.88. The van der Waals surface area contributed by atoms with E-state index in [4.69, 9.17) is 17.3 Å². The Hall–Kier alpha value is -0.900. The molecule has 0 saturated carbocycles. The Morgan fingerprint density at radius 3 is 2.69 bits per heavy atom. The molecular formula is C8H9ClF2N2. The summed E-state index contributed by atoms with van der Waals surface area (Å²) >= 11 is 5.51. The summed E-state index contributed by atoms with van der Waals surface area (Å²) in [6.07, 6.45) is -1.36. The monoisotopic (exact) mass is 206 g/mol. The second kappa shape index (κ2) is 3.87. The van der Waals surface area contributed by atoms with Gasteiger partial charge in [0.15, 0.2) is 0 Å². The lowest BCUT2D eigenvalue weighted by atomic mass is 10.1. The Morgan fingerprint density at radius 2 is 2.23 bits per heavy atom. The molecule has 0 aromatic carbocycles. The SMILES string of the molecule is Cc1c(CCl)ncc(N)c1C(F)F. The molecule has 1 aromatic heterocycles. The third-order valence-corrected chi connectivity index (χ3v) is 2.11. The second-order valence-corrected chi connectivity index (χ2v) is 2.90. The molecule has 0 fully saturated rings. The minimum Gasteiger partial charge on any atom is -0.397 e. The van der Waals surface area contributed by atoms with Gasteiger partial charge in [-0.25, -0.2) is 8.78 Å². The normalized spacial score (nSPS) is 10.8. The molecular weight excluding hydrogens is 198 g/mol. The maximum atomic E-state index is 12.5. The first-order chi connectivity index (χ1) is 6.07. The molecule has 0 saturated heterocycles. The molecule has 2 nitrogen and oxygen atoms in total. The van der Waals surface area contributed by atoms with Gasteiger partial charge in [-0.3, -0.25) is 4.98 Å². The van der Waals surface area contributed by atoms with Crippen LogP contribution in [0.3, 0.4) is 0 Å². The summed E-state index contributed by atoms with van der Waals surface area (Å²) < 4.78 is 24.9. The van der Waals surface area contributed by atoms with Gasteiger partial charge in [0.05, 0.1) is 23.5 Å². The number of alkyl halides is 3. The van der Waals surface area contributed by atoms with Crippen molar-refractivity contribution in [1.29, 1.82) is 0 Å². The lowest BCUT2D eigenvalue weighted by molar-refractivity contribution is 0.151. The lowest BCUT2D eigenvalue weighted by Crippen LogP contribution is -2.03. The molecule has 0 unspecified atom stereocenters. The highest BCUT2D eigenvalue weighted by Gasteiger charge is 2.17. The van der Waals surface area contributed by atoms with Crippen molar-refractivity contribution in [1.82, 2.24) is 4.98 Å². The number of hydrogen-bond donors (Lipinski definition) is 1. The standard InChI is InChI=1S/C8H9ClF2N2/c1-4-6(2-9)13-3-5(12)7(4)8(10)11/h3,8H,2,12H2,1H3. The van der Waals surface area contributed by atoms with E-state index in [1.165, 1.54) is 6.20 Å². The van der Waals surface area contributed by atoms with E-state index in [0.717, 1.165) is 0 Å². The van der Waals surface area contributed by atoms with Crippen molar-refractivity contribution in [2.75, 3.05) is 5.73 Å². The zero-order valence-electron chi connectivity index (χ0n) is 7.02. The zero-order chi connectivity index (χ0) is 10.0. The minimum absolute atomic E-state index is 0.0152. The van der Waals surface area contributed by atoms with Crippen molar-refractivity contribution in [3.8, 4) is 0 Å². The van der Waals surface area contributed by atoms with E-state index >= 15 is 0 Å². The number of rotatable bonds is 2. The number of pyridine rings is 1. The van der Waals surface area contributed by atoms with Crippen molar-refractivity contribution in [2.45, 2.75) is 19.2 Å². The summed E-state index contributed by atoms with van der Waals surface area (Å²) in [5.74, 6) is 0.117. The van der Waals surface area contributed by atoms with Crippen LogP contribution in [0.2, 0.25) is 0 Å². The number of halogens is 3. The fourth-order valence-electron chi connectivity index (χ4n) is 1.11. The third-order valence-electron chi connectivity index (χ3n) is 1.85. The molecule has 0 atom stereocenters. The van der Waals surface area contributed by atoms with Crippen molar-refractivity contribution in [3.63, 3.8) is 0 Å². The van der Waals surface area contributed by atoms with Gasteiger partial charge >= 0.3 is 0 Å². The number of hydrogen-bond acceptors (Lipinski definition) is 2. The molecule has 2 N–H and O–H groups in total. The molecule has 1 aromatic rings. The van der Waals surface area contributed by atoms with Crippen molar-refractivity contribution >= 4 is 17.3 Å². The maximum Gasteiger partial charge on any atom is 0.266 e. The van der Waals surface area contributed by atoms with Gasteiger partial charge in [0, 0.05) is 5.56 Å². The number of nitrogens with zero attached hydrogens (tertiary/aromatic N) is 1. The van der Waals surface area contributed by atoms with E-state index in [1.807, 2.05) is 0 Å². The van der Waals surface area contributed by atoms with Gasteiger partial charge in [0.2, 0.25) is 0 Å². The molecule has 0 amide bonds. The molecule has 0 radical (unpaired) electrons. The van der Waals surface area contributed by atoms with Crippen LogP contribution in [-0.4, -0.2) is 4.98 Å². The van der Waals surface area contributed by atoms with Crippen LogP contribution in [0.5, 0.6) is 0 Å². The Bertz CT molecular complexity index is 315. The van der Waals surface area contributed by atoms with Crippen LogP contribution >= 0.6 is 11.6 Å². The number of nitrogen functional groups attached to an aromatic ring is 1. The van der Waals surface area contributed by atoms with Crippen LogP contribution in [0.15, 0.2) is 6.20 Å². The molecule has 0 aliphatic heterocycles. The highest BCUT2D eigenvalue weighted by Crippen LogP contribution is 2.29. The van der Waals surface area contributed by atoms with E-state index < -0.39 is 6.43 Å². The van der Waals surface area contributed by atoms with E-state index in [0.29, 0.717) is 11.3 Å². The lowest BCUT2D eigenvalue weighted by Gasteiger charge is -2.10. The smallest absolute Gasteiger partial charge is 0.266 e. The Kier molecular flexibility index (Phi) is 3.03. The molecule has 13 heavy (non-hydrogen) atoms. The topological polar surface area (TPSA) is 38.9 Å². The van der Waals surface area contributed by atoms with Gasteiger partial charge < -0.3 is 5.73 Å². The Balaban J connectivity index is 3.30. The quantitative estimate of drug-likeness (QED) is 0.756. The van der Waals surface area contributed by atoms with Crippen molar-refractivity contribution in [3.05, 3.63) is 23.0 Å². The summed E-state index contributed by atoms with van der Waals surface area (Å²) in [7, 11) is 0. The first-order valence-electron chi connectivity index (χ1n) is 3.66. The number of nitrogens with two attached hydrogens (primary N) is 1. The van der Waals surface area contributed by atoms with Crippen LogP contribution < -0.4 is 5.73 Å². The van der Waals surface area contributed by atoms with Gasteiger partial charge in [0.1, 0.15) is 0 Å². The molecule has 0 aliphatic carbocycles. The van der Waals surface area contributed by atoms with Gasteiger partial charge in [-0.1, -0.05) is 0 Å². The first-order valence-corrected chi connectivity index (χ1v) is 4.19. The predicted octanol–water partition coefficient (Wildman–Crippen LogP) is 2.65. The molecule has 0 bridgehead atoms. The zero-order valence-corrected chi connectivity index (χ0v) is 7.78. The Morgan fingerprint density at radius 1 is 1.62 bits per heavy atom. The van der Waals surface area contributed by atoms with E-state index in [9.17, 15) is 8.78 Å². The predicted molar refractivity (Wildman–Crippen MR) is 47.9 cm³/mol. The molecule has 1 heterocycles. The average Bonchev–Trinajstić information content (AvgIpc) is 2.04. The minimum atomic E-state index is -2.58. The average molecular weight is 207 g/mol. The van der Waals surface area contributed by atoms with Crippen LogP contribution in [0.1, 0.15) is 23.2 Å². The van der Waals surface area contributed by atoms with Gasteiger partial charge in [-0.15, -0.1) is 11.6 Å². The molecule has 1 rings (SSSR count). The van der Waals surface area contributed by atoms with E-state index in [1.54, 1.807) is 6.92 Å². The van der Waals surface area contributed by atoms with E-state index in [2.05, 4.69) is 4.98 Å². The van der Waals surface area contributed by atoms with Crippen LogP contribution in [0, 0.1) is 6.92 Å². The van der Waals surface area contributed by atoms with Crippen molar-refractivity contribution < 1.29 is 8.78 Å². The maximum absolute atomic E-state index is 12.5. The second-order valence-electron chi connectivity index (χ2n) is 2.63. The van der Waals surface area contributed by atoms with Gasteiger partial charge in [-0.2, -0.15) is 0 Å². The largest absolute Gasteiger partial charge is 0.397 e. The van der Waals surface area contributed by atoms with Crippen LogP contribution in [0.4, 0.5) is 14.5 Å². The van der Waals surface area contributed by atoms with Crippen LogP contribution in [-0.2, 0) is 5.88 Å². The Labute approximate surface area is 79.7 Å². The summed E-state index contributed by atoms with van der Waals surface area (Å²) in [4.78, 5) is 3.85. The van der Waals surface area contributed by atoms with Gasteiger partial charge in [-0.05, 0) is 12.5 Å². The molecule has 5 heteroatoms. The fraction of sp³-hybridized carbons (Fsp3) is 0.375. The molecule has 72 valence electrons. The highest BCUT2D eigenvalue weighted by molar-refractivity contribution is 6.17. The van der Waals surface area contributed by atoms with E-state index in [-0.39, 0.29) is 17.1 Å². The van der Waals surface area contributed by atoms with Gasteiger partial charge in [0.25, 0.3) is 6.43 Å². The summed E-state index contributed by atoms with van der Waals surface area (Å²) in [6, 6.07) is 0. The fourth-order valence-corrected chi connectivity index (χ4v) is 1.38.